The third-order valence-electron chi connectivity index (χ3n) is 9.25. The molecule has 0 N–H and O–H groups in total. The van der Waals surface area contributed by atoms with E-state index in [0.29, 0.717) is 6.42 Å². The predicted octanol–water partition coefficient (Wildman–Crippen LogP) is 13.7. The molecule has 2 nitrogen and oxygen atoms in total. The lowest BCUT2D eigenvalue weighted by Crippen LogP contribution is -2.21. The number of carbonyl (C=O) groups is 2. The van der Waals surface area contributed by atoms with Crippen LogP contribution in [0.25, 0.3) is 0 Å². The quantitative estimate of drug-likeness (QED) is 0.0555. The molecule has 0 amide bonds. The minimum absolute atomic E-state index is 0.0941. The summed E-state index contributed by atoms with van der Waals surface area (Å²) < 4.78 is 0. The molecule has 1 unspecified atom stereocenters. The Morgan fingerprint density at radius 3 is 0.878 bits per heavy atom. The van der Waals surface area contributed by atoms with Crippen molar-refractivity contribution in [2.24, 2.45) is 5.92 Å². The third kappa shape index (κ3) is 30.6. The summed E-state index contributed by atoms with van der Waals surface area (Å²) in [5, 5.41) is 0. The lowest BCUT2D eigenvalue weighted by Gasteiger charge is -2.12. The van der Waals surface area contributed by atoms with Crippen molar-refractivity contribution < 1.29 is 9.59 Å². The number of unbranched alkanes of at least 4 members (excludes halogenated alkanes) is 29. The van der Waals surface area contributed by atoms with Crippen LogP contribution in [0.15, 0.2) is 0 Å². The number of carbonyl (C=O) groups excluding carboxylic acids is 2. The molecule has 0 aliphatic carbocycles. The van der Waals surface area contributed by atoms with Crippen LogP contribution in [0, 0.1) is 5.92 Å². The first kappa shape index (κ1) is 40.3. The summed E-state index contributed by atoms with van der Waals surface area (Å²) in [4.78, 5) is 24.8. The van der Waals surface area contributed by atoms with E-state index in [9.17, 15) is 9.59 Å². The number of Topliss-reactive ketones (excluding diaryl/α,β-unsaturated/α-hetero) is 2. The maximum Gasteiger partial charge on any atom is 0.143 e. The highest BCUT2D eigenvalue weighted by Gasteiger charge is 2.21. The largest absolute Gasteiger partial charge is 0.299 e. The van der Waals surface area contributed by atoms with Gasteiger partial charge in [0.25, 0.3) is 0 Å². The Kier molecular flexibility index (Phi) is 33.3. The number of ketones is 2. The summed E-state index contributed by atoms with van der Waals surface area (Å²) >= 11 is 0. The van der Waals surface area contributed by atoms with Crippen molar-refractivity contribution in [1.29, 1.82) is 0 Å². The summed E-state index contributed by atoms with van der Waals surface area (Å²) in [6.45, 7) is 6.20. The van der Waals surface area contributed by atoms with E-state index in [1.165, 1.54) is 180 Å². The molecule has 0 radical (unpaired) electrons. The topological polar surface area (TPSA) is 34.1 Å². The van der Waals surface area contributed by atoms with Crippen LogP contribution in [0.5, 0.6) is 0 Å². The smallest absolute Gasteiger partial charge is 0.143 e. The molecule has 0 spiro atoms. The Hall–Kier alpha value is -0.660. The Labute approximate surface area is 259 Å². The van der Waals surface area contributed by atoms with Crippen LogP contribution in [0.1, 0.15) is 233 Å². The number of rotatable bonds is 35. The Morgan fingerprint density at radius 1 is 0.366 bits per heavy atom. The van der Waals surface area contributed by atoms with Crippen molar-refractivity contribution >= 4 is 11.6 Å². The second-order valence-corrected chi connectivity index (χ2v) is 13.4. The van der Waals surface area contributed by atoms with Gasteiger partial charge in [-0.1, -0.05) is 206 Å². The van der Waals surface area contributed by atoms with Crippen molar-refractivity contribution in [3.8, 4) is 0 Å². The second-order valence-electron chi connectivity index (χ2n) is 13.4. The van der Waals surface area contributed by atoms with E-state index in [1.54, 1.807) is 6.92 Å². The van der Waals surface area contributed by atoms with E-state index in [2.05, 4.69) is 13.8 Å². The van der Waals surface area contributed by atoms with Gasteiger partial charge in [-0.3, -0.25) is 9.59 Å². The molecule has 0 aromatic heterocycles. The fourth-order valence-electron chi connectivity index (χ4n) is 6.33. The van der Waals surface area contributed by atoms with Crippen molar-refractivity contribution in [1.82, 2.24) is 0 Å². The van der Waals surface area contributed by atoms with E-state index < -0.39 is 0 Å². The average molecular weight is 577 g/mol. The first-order chi connectivity index (χ1) is 20.1. The fourth-order valence-corrected chi connectivity index (χ4v) is 6.33. The van der Waals surface area contributed by atoms with Gasteiger partial charge in [-0.15, -0.1) is 0 Å². The lowest BCUT2D eigenvalue weighted by atomic mass is 9.90. The first-order valence-corrected chi connectivity index (χ1v) is 19.2. The SMILES string of the molecule is CCCCCCCCCCCCCCCCCCCCC(C(C)=O)C(=O)CCCCCCCCCCCCCCC. The number of hydrogen-bond donors (Lipinski definition) is 0. The second kappa shape index (κ2) is 33.8. The van der Waals surface area contributed by atoms with Crippen LogP contribution < -0.4 is 0 Å². The standard InChI is InChI=1S/C39H76O2/c1-4-6-8-10-12-14-16-18-19-20-21-22-24-25-27-29-31-33-35-38(37(3)40)39(41)36-34-32-30-28-26-23-17-15-13-11-9-7-5-2/h38H,4-36H2,1-3H3. The zero-order valence-corrected chi connectivity index (χ0v) is 28.7. The maximum atomic E-state index is 12.7. The van der Waals surface area contributed by atoms with Gasteiger partial charge in [0.1, 0.15) is 11.6 Å². The summed E-state index contributed by atoms with van der Waals surface area (Å²) in [6.07, 6.45) is 43.2. The van der Waals surface area contributed by atoms with Gasteiger partial charge in [-0.05, 0) is 19.8 Å². The molecule has 0 aromatic carbocycles. The molecule has 1 atom stereocenters. The average Bonchev–Trinajstić information content (AvgIpc) is 2.96. The van der Waals surface area contributed by atoms with Gasteiger partial charge in [0.05, 0.1) is 5.92 Å². The lowest BCUT2D eigenvalue weighted by molar-refractivity contribution is -0.132. The van der Waals surface area contributed by atoms with Gasteiger partial charge in [0.2, 0.25) is 0 Å². The molecule has 0 fully saturated rings. The van der Waals surface area contributed by atoms with Crippen molar-refractivity contribution in [3.63, 3.8) is 0 Å². The molecule has 2 heteroatoms. The van der Waals surface area contributed by atoms with Crippen LogP contribution in [0.2, 0.25) is 0 Å². The van der Waals surface area contributed by atoms with Crippen molar-refractivity contribution in [2.45, 2.75) is 233 Å². The van der Waals surface area contributed by atoms with Crippen LogP contribution in [0.3, 0.4) is 0 Å². The molecular formula is C39H76O2. The molecule has 244 valence electrons. The molecule has 0 saturated heterocycles. The van der Waals surface area contributed by atoms with Gasteiger partial charge < -0.3 is 0 Å². The highest BCUT2D eigenvalue weighted by molar-refractivity contribution is 6.01. The minimum Gasteiger partial charge on any atom is -0.299 e. The molecule has 0 rings (SSSR count). The summed E-state index contributed by atoms with van der Waals surface area (Å²) in [7, 11) is 0. The highest BCUT2D eigenvalue weighted by atomic mass is 16.1. The van der Waals surface area contributed by atoms with Gasteiger partial charge >= 0.3 is 0 Å². The molecule has 0 saturated carbocycles. The van der Waals surface area contributed by atoms with Gasteiger partial charge in [-0.2, -0.15) is 0 Å². The van der Waals surface area contributed by atoms with Crippen LogP contribution >= 0.6 is 0 Å². The molecule has 41 heavy (non-hydrogen) atoms. The Morgan fingerprint density at radius 2 is 0.610 bits per heavy atom. The van der Waals surface area contributed by atoms with Crippen LogP contribution in [-0.2, 0) is 9.59 Å². The molecule has 0 aromatic rings. The van der Waals surface area contributed by atoms with Gasteiger partial charge in [0.15, 0.2) is 0 Å². The normalized spacial score (nSPS) is 12.2. The Bertz CT molecular complexity index is 540. The van der Waals surface area contributed by atoms with E-state index in [1.807, 2.05) is 0 Å². The molecule has 0 heterocycles. The van der Waals surface area contributed by atoms with E-state index in [4.69, 9.17) is 0 Å². The van der Waals surface area contributed by atoms with Crippen molar-refractivity contribution in [2.75, 3.05) is 0 Å². The van der Waals surface area contributed by atoms with Crippen LogP contribution in [-0.4, -0.2) is 11.6 Å². The molecule has 0 aliphatic rings. The summed E-state index contributed by atoms with van der Waals surface area (Å²) in [6, 6.07) is 0. The maximum absolute atomic E-state index is 12.7. The number of hydrogen-bond acceptors (Lipinski definition) is 2. The summed E-state index contributed by atoms with van der Waals surface area (Å²) in [5.41, 5.74) is 0. The van der Waals surface area contributed by atoms with E-state index in [-0.39, 0.29) is 17.5 Å². The minimum atomic E-state index is -0.326. The summed E-state index contributed by atoms with van der Waals surface area (Å²) in [5.74, 6) is -0.0161. The fraction of sp³-hybridized carbons (Fsp3) is 0.949. The monoisotopic (exact) mass is 577 g/mol. The van der Waals surface area contributed by atoms with E-state index in [0.717, 1.165) is 25.7 Å². The van der Waals surface area contributed by atoms with Gasteiger partial charge in [0, 0.05) is 6.42 Å². The molecule has 0 aliphatic heterocycles. The predicted molar refractivity (Wildman–Crippen MR) is 183 cm³/mol. The van der Waals surface area contributed by atoms with Crippen molar-refractivity contribution in [3.05, 3.63) is 0 Å². The first-order valence-electron chi connectivity index (χ1n) is 19.2. The van der Waals surface area contributed by atoms with Gasteiger partial charge in [-0.25, -0.2) is 0 Å². The molecule has 0 bridgehead atoms. The zero-order chi connectivity index (χ0) is 30.1. The Balaban J connectivity index is 3.50. The third-order valence-corrected chi connectivity index (χ3v) is 9.25. The van der Waals surface area contributed by atoms with Crippen LogP contribution in [0.4, 0.5) is 0 Å². The zero-order valence-electron chi connectivity index (χ0n) is 28.7. The molecular weight excluding hydrogens is 500 g/mol. The van der Waals surface area contributed by atoms with E-state index >= 15 is 0 Å². The highest BCUT2D eigenvalue weighted by Crippen LogP contribution is 2.19.